The minimum atomic E-state index is -0.306. The van der Waals surface area contributed by atoms with Crippen LogP contribution in [0.3, 0.4) is 0 Å². The van der Waals surface area contributed by atoms with Crippen molar-refractivity contribution in [3.05, 3.63) is 67.7 Å². The van der Waals surface area contributed by atoms with E-state index in [1.165, 1.54) is 19.3 Å². The summed E-state index contributed by atoms with van der Waals surface area (Å²) in [5, 5.41) is 16.3. The molecule has 6 heteroatoms. The van der Waals surface area contributed by atoms with E-state index in [2.05, 4.69) is 5.32 Å². The van der Waals surface area contributed by atoms with E-state index in [1.807, 2.05) is 24.3 Å². The number of nitrogens with zero attached hydrogens (tertiary/aromatic N) is 1. The predicted molar refractivity (Wildman–Crippen MR) is 103 cm³/mol. The van der Waals surface area contributed by atoms with Crippen LogP contribution in [0.5, 0.6) is 0 Å². The predicted octanol–water partition coefficient (Wildman–Crippen LogP) is 6.20. The Morgan fingerprint density at radius 1 is 1.08 bits per heavy atom. The van der Waals surface area contributed by atoms with Crippen molar-refractivity contribution in [2.24, 2.45) is 17.8 Å². The number of rotatable bonds is 2. The summed E-state index contributed by atoms with van der Waals surface area (Å²) in [4.78, 5) is 11.0. The maximum absolute atomic E-state index is 11.3. The fourth-order valence-corrected chi connectivity index (χ4v) is 6.32. The molecule has 0 aromatic heterocycles. The summed E-state index contributed by atoms with van der Waals surface area (Å²) in [5.41, 5.74) is 3.20. The highest BCUT2D eigenvalue weighted by Crippen LogP contribution is 2.64. The van der Waals surface area contributed by atoms with Gasteiger partial charge in [0.2, 0.25) is 0 Å². The van der Waals surface area contributed by atoms with E-state index >= 15 is 0 Å². The summed E-state index contributed by atoms with van der Waals surface area (Å²) >= 11 is 13.1. The SMILES string of the molecule is O=[N+]([O-])c1ccc2c(c1)[C@@H]1[C@H]3CC[C@@H](C3)[C@@H]1[C@@H](c1c(Cl)cccc1Cl)N2. The van der Waals surface area contributed by atoms with Crippen LogP contribution in [0, 0.1) is 27.9 Å². The molecule has 1 N–H and O–H groups in total. The number of anilines is 1. The largest absolute Gasteiger partial charge is 0.378 e. The first-order valence-corrected chi connectivity index (χ1v) is 9.79. The van der Waals surface area contributed by atoms with Gasteiger partial charge in [0.05, 0.1) is 11.0 Å². The lowest BCUT2D eigenvalue weighted by Crippen LogP contribution is -2.35. The lowest BCUT2D eigenvalue weighted by Gasteiger charge is -2.43. The van der Waals surface area contributed by atoms with Gasteiger partial charge in [0.15, 0.2) is 0 Å². The molecule has 26 heavy (non-hydrogen) atoms. The van der Waals surface area contributed by atoms with Gasteiger partial charge < -0.3 is 5.32 Å². The average Bonchev–Trinajstić information content (AvgIpc) is 3.23. The fourth-order valence-electron chi connectivity index (χ4n) is 5.68. The second kappa shape index (κ2) is 5.86. The lowest BCUT2D eigenvalue weighted by molar-refractivity contribution is -0.384. The van der Waals surface area contributed by atoms with Crippen LogP contribution in [-0.2, 0) is 0 Å². The van der Waals surface area contributed by atoms with Crippen molar-refractivity contribution in [3.63, 3.8) is 0 Å². The van der Waals surface area contributed by atoms with Crippen molar-refractivity contribution in [2.75, 3.05) is 5.32 Å². The molecular weight excluding hydrogens is 371 g/mol. The van der Waals surface area contributed by atoms with E-state index < -0.39 is 0 Å². The van der Waals surface area contributed by atoms with Gasteiger partial charge in [-0.05, 0) is 66.7 Å². The van der Waals surface area contributed by atoms with Crippen molar-refractivity contribution >= 4 is 34.6 Å². The maximum atomic E-state index is 11.3. The second-order valence-corrected chi connectivity index (χ2v) is 8.54. The Hall–Kier alpha value is -1.78. The molecule has 2 aromatic rings. The van der Waals surface area contributed by atoms with E-state index in [0.717, 1.165) is 16.8 Å². The van der Waals surface area contributed by atoms with Crippen molar-refractivity contribution in [3.8, 4) is 0 Å². The highest BCUT2D eigenvalue weighted by atomic mass is 35.5. The van der Waals surface area contributed by atoms with Crippen LogP contribution in [-0.4, -0.2) is 4.92 Å². The highest BCUT2D eigenvalue weighted by Gasteiger charge is 2.54. The number of hydrogen-bond acceptors (Lipinski definition) is 3. The number of non-ortho nitro benzene ring substituents is 1. The van der Waals surface area contributed by atoms with Crippen molar-refractivity contribution in [1.82, 2.24) is 0 Å². The van der Waals surface area contributed by atoms with E-state index in [4.69, 9.17) is 23.2 Å². The number of nitro groups is 1. The quantitative estimate of drug-likeness (QED) is 0.492. The first kappa shape index (κ1) is 16.4. The summed E-state index contributed by atoms with van der Waals surface area (Å²) in [7, 11) is 0. The average molecular weight is 389 g/mol. The Balaban J connectivity index is 1.67. The Morgan fingerprint density at radius 3 is 2.54 bits per heavy atom. The Kier molecular flexibility index (Phi) is 3.70. The molecule has 134 valence electrons. The zero-order chi connectivity index (χ0) is 18.0. The van der Waals surface area contributed by atoms with Crippen molar-refractivity contribution in [2.45, 2.75) is 31.2 Å². The normalized spacial score (nSPS) is 31.2. The van der Waals surface area contributed by atoms with Gasteiger partial charge in [0.25, 0.3) is 5.69 Å². The molecule has 1 aliphatic heterocycles. The minimum Gasteiger partial charge on any atom is -0.378 e. The van der Waals surface area contributed by atoms with Crippen molar-refractivity contribution in [1.29, 1.82) is 0 Å². The van der Waals surface area contributed by atoms with Gasteiger partial charge in [0.1, 0.15) is 0 Å². The molecule has 2 saturated carbocycles. The van der Waals surface area contributed by atoms with Crippen LogP contribution < -0.4 is 5.32 Å². The fraction of sp³-hybridized carbons (Fsp3) is 0.400. The Morgan fingerprint density at radius 2 is 1.81 bits per heavy atom. The smallest absolute Gasteiger partial charge is 0.269 e. The van der Waals surface area contributed by atoms with Gasteiger partial charge >= 0.3 is 0 Å². The number of halogens is 2. The Labute approximate surface area is 161 Å². The third kappa shape index (κ3) is 2.28. The zero-order valence-electron chi connectivity index (χ0n) is 14.0. The molecule has 3 aliphatic rings. The number of nitrogens with one attached hydrogen (secondary N) is 1. The third-order valence-corrected chi connectivity index (χ3v) is 7.25. The number of hydrogen-bond donors (Lipinski definition) is 1. The minimum absolute atomic E-state index is 0.0467. The topological polar surface area (TPSA) is 55.2 Å². The van der Waals surface area contributed by atoms with Crippen LogP contribution in [0.4, 0.5) is 11.4 Å². The number of nitro benzene ring substituents is 1. The van der Waals surface area contributed by atoms with Gasteiger partial charge in [-0.15, -0.1) is 0 Å². The molecular formula is C20H18Cl2N2O2. The van der Waals surface area contributed by atoms with Crippen LogP contribution in [0.15, 0.2) is 36.4 Å². The standard InChI is InChI=1S/C20H18Cl2N2O2/c21-14-2-1-3-15(22)19(14)20-18-11-5-4-10(8-11)17(18)13-9-12(24(25)26)6-7-16(13)23-20/h1-3,6-7,9-11,17-18,20,23H,4-5,8H2/t10-,11-,17-,18-,20-/m0/s1. The van der Waals surface area contributed by atoms with Crippen molar-refractivity contribution < 1.29 is 4.92 Å². The van der Waals surface area contributed by atoms with Crippen LogP contribution >= 0.6 is 23.2 Å². The summed E-state index contributed by atoms with van der Waals surface area (Å²) in [5.74, 6) is 1.92. The van der Waals surface area contributed by atoms with E-state index in [9.17, 15) is 10.1 Å². The maximum Gasteiger partial charge on any atom is 0.269 e. The zero-order valence-corrected chi connectivity index (χ0v) is 15.5. The first-order chi connectivity index (χ1) is 12.5. The molecule has 2 fully saturated rings. The molecule has 0 unspecified atom stereocenters. The molecule has 2 aromatic carbocycles. The molecule has 0 radical (unpaired) electrons. The van der Waals surface area contributed by atoms with Gasteiger partial charge in [-0.1, -0.05) is 29.3 Å². The summed E-state index contributed by atoms with van der Waals surface area (Å²) in [6.45, 7) is 0. The summed E-state index contributed by atoms with van der Waals surface area (Å²) in [6.07, 6.45) is 3.62. The van der Waals surface area contributed by atoms with Gasteiger partial charge in [-0.3, -0.25) is 10.1 Å². The molecule has 0 amide bonds. The highest BCUT2D eigenvalue weighted by molar-refractivity contribution is 6.36. The number of fused-ring (bicyclic) bond motifs is 7. The van der Waals surface area contributed by atoms with Crippen LogP contribution in [0.2, 0.25) is 10.0 Å². The molecule has 4 nitrogen and oxygen atoms in total. The van der Waals surface area contributed by atoms with Gasteiger partial charge in [-0.25, -0.2) is 0 Å². The van der Waals surface area contributed by atoms with Gasteiger partial charge in [-0.2, -0.15) is 0 Å². The number of benzene rings is 2. The molecule has 2 aliphatic carbocycles. The van der Waals surface area contributed by atoms with Crippen LogP contribution in [0.25, 0.3) is 0 Å². The molecule has 0 spiro atoms. The molecule has 0 saturated heterocycles. The van der Waals surface area contributed by atoms with Gasteiger partial charge in [0, 0.05) is 33.4 Å². The molecule has 5 atom stereocenters. The lowest BCUT2D eigenvalue weighted by atomic mass is 9.68. The first-order valence-electron chi connectivity index (χ1n) is 9.03. The Bertz CT molecular complexity index is 896. The second-order valence-electron chi connectivity index (χ2n) is 7.72. The summed E-state index contributed by atoms with van der Waals surface area (Å²) < 4.78 is 0. The molecule has 5 rings (SSSR count). The monoisotopic (exact) mass is 388 g/mol. The van der Waals surface area contributed by atoms with Crippen LogP contribution in [0.1, 0.15) is 42.3 Å². The third-order valence-electron chi connectivity index (χ3n) is 6.59. The summed E-state index contributed by atoms with van der Waals surface area (Å²) in [6, 6.07) is 10.9. The molecule has 1 heterocycles. The molecule has 2 bridgehead atoms. The van der Waals surface area contributed by atoms with E-state index in [1.54, 1.807) is 12.1 Å². The van der Waals surface area contributed by atoms with E-state index in [-0.39, 0.29) is 16.7 Å². The van der Waals surface area contributed by atoms with E-state index in [0.29, 0.717) is 33.7 Å².